The van der Waals surface area contributed by atoms with Gasteiger partial charge in [-0.3, -0.25) is 23.2 Å². The van der Waals surface area contributed by atoms with Crippen LogP contribution in [0.25, 0.3) is 0 Å². The van der Waals surface area contributed by atoms with Crippen LogP contribution in [0.3, 0.4) is 0 Å². The van der Waals surface area contributed by atoms with Gasteiger partial charge in [-0.15, -0.1) is 0 Å². The van der Waals surface area contributed by atoms with Gasteiger partial charge in [0.15, 0.2) is 6.10 Å². The molecule has 0 heterocycles. The fraction of sp³-hybridized carbons (Fsp3) is 0.822. The van der Waals surface area contributed by atoms with Gasteiger partial charge in [0.05, 0.1) is 25.9 Å². The first-order chi connectivity index (χ1) is 29.2. The summed E-state index contributed by atoms with van der Waals surface area (Å²) in [6.07, 6.45) is 34.4. The standard InChI is InChI=1S/C45H84O14P2/c1-4-6-7-8-17-22-27-32-41(46)33-28-23-20-25-30-35-45(49)59-43(39-58-61(53,54)57-37-42(47)36-56-60(50,51)52)38-55-44(48)34-29-24-19-16-14-12-10-9-11-13-15-18-21-26-31-40(3)5-2/h6-7,17,22,27,32,40-43,46-47H,4-5,8-16,18-21,23-26,28-31,33-39H2,1-3H3,(H,53,54)(H2,50,51,52)/b7-6+,22-17+,32-27+/t40?,41?,42-,43+/m0/s1. The number of allylic oxidation sites excluding steroid dienone is 5. The molecule has 0 aromatic carbocycles. The number of rotatable bonds is 43. The van der Waals surface area contributed by atoms with Gasteiger partial charge in [0, 0.05) is 12.8 Å². The molecule has 0 saturated heterocycles. The molecule has 5 N–H and O–H groups in total. The molecular formula is C45H84O14P2. The SMILES string of the molecule is CC/C=C/C/C=C/C=C/C(O)CCCCCCCC(=O)O[C@H](COC(=O)CCCCCCCCCCCCCCCCC(C)CC)COP(=O)(O)OC[C@@H](O)COP(=O)(O)O. The van der Waals surface area contributed by atoms with Gasteiger partial charge in [0.2, 0.25) is 0 Å². The number of carbonyl (C=O) groups excluding carboxylic acids is 2. The Morgan fingerprint density at radius 2 is 1.07 bits per heavy atom. The topological polar surface area (TPSA) is 216 Å². The molecule has 0 radical (unpaired) electrons. The quantitative estimate of drug-likeness (QED) is 0.0127. The van der Waals surface area contributed by atoms with E-state index in [1.165, 1.54) is 77.0 Å². The highest BCUT2D eigenvalue weighted by atomic mass is 31.2. The summed E-state index contributed by atoms with van der Waals surface area (Å²) < 4.78 is 47.8. The Kier molecular flexibility index (Phi) is 38.7. The normalized spacial score (nSPS) is 15.3. The Bertz CT molecular complexity index is 1250. The summed E-state index contributed by atoms with van der Waals surface area (Å²) in [5.74, 6) is -0.245. The van der Waals surface area contributed by atoms with Crippen LogP contribution in [0.5, 0.6) is 0 Å². The van der Waals surface area contributed by atoms with Gasteiger partial charge in [-0.05, 0) is 38.0 Å². The molecule has 0 aromatic heterocycles. The van der Waals surface area contributed by atoms with E-state index in [1.807, 2.05) is 18.2 Å². The van der Waals surface area contributed by atoms with E-state index >= 15 is 0 Å². The molecule has 16 heteroatoms. The molecule has 0 fully saturated rings. The van der Waals surface area contributed by atoms with Crippen molar-refractivity contribution < 1.29 is 66.7 Å². The lowest BCUT2D eigenvalue weighted by Crippen LogP contribution is -2.30. The fourth-order valence-corrected chi connectivity index (χ4v) is 7.43. The third kappa shape index (κ3) is 43.3. The van der Waals surface area contributed by atoms with Crippen LogP contribution < -0.4 is 0 Å². The van der Waals surface area contributed by atoms with Crippen molar-refractivity contribution in [2.24, 2.45) is 5.92 Å². The Labute approximate surface area is 368 Å². The van der Waals surface area contributed by atoms with E-state index in [2.05, 4.69) is 42.0 Å². The summed E-state index contributed by atoms with van der Waals surface area (Å²) in [7, 11) is -9.71. The van der Waals surface area contributed by atoms with Gasteiger partial charge in [0.1, 0.15) is 12.7 Å². The van der Waals surface area contributed by atoms with Crippen LogP contribution in [-0.4, -0.2) is 81.6 Å². The molecule has 0 rings (SSSR count). The molecule has 0 aliphatic heterocycles. The smallest absolute Gasteiger partial charge is 0.462 e. The first-order valence-electron chi connectivity index (χ1n) is 23.2. The monoisotopic (exact) mass is 911 g/mol. The Balaban J connectivity index is 4.53. The maximum Gasteiger partial charge on any atom is 0.472 e. The van der Waals surface area contributed by atoms with Gasteiger partial charge in [0.25, 0.3) is 0 Å². The summed E-state index contributed by atoms with van der Waals surface area (Å²) in [6.45, 7) is 3.90. The van der Waals surface area contributed by atoms with E-state index in [-0.39, 0.29) is 12.8 Å². The zero-order valence-corrected chi connectivity index (χ0v) is 39.6. The van der Waals surface area contributed by atoms with Crippen LogP contribution >= 0.6 is 15.6 Å². The molecule has 0 aliphatic rings. The summed E-state index contributed by atoms with van der Waals surface area (Å²) in [5, 5.41) is 19.9. The van der Waals surface area contributed by atoms with Crippen LogP contribution in [0, 0.1) is 5.92 Å². The third-order valence-electron chi connectivity index (χ3n) is 10.2. The molecule has 61 heavy (non-hydrogen) atoms. The van der Waals surface area contributed by atoms with Gasteiger partial charge in [-0.25, -0.2) is 9.13 Å². The zero-order chi connectivity index (χ0) is 45.5. The predicted octanol–water partition coefficient (Wildman–Crippen LogP) is 10.9. The van der Waals surface area contributed by atoms with Crippen LogP contribution in [0.4, 0.5) is 0 Å². The minimum Gasteiger partial charge on any atom is -0.462 e. The molecule has 358 valence electrons. The van der Waals surface area contributed by atoms with Crippen molar-refractivity contribution in [3.63, 3.8) is 0 Å². The van der Waals surface area contributed by atoms with Gasteiger partial charge in [-0.1, -0.05) is 179 Å². The van der Waals surface area contributed by atoms with E-state index in [4.69, 9.17) is 23.8 Å². The molecule has 0 amide bonds. The minimum absolute atomic E-state index is 0.0629. The van der Waals surface area contributed by atoms with Gasteiger partial charge < -0.3 is 34.4 Å². The predicted molar refractivity (Wildman–Crippen MR) is 241 cm³/mol. The average molecular weight is 911 g/mol. The average Bonchev–Trinajstić information content (AvgIpc) is 3.21. The van der Waals surface area contributed by atoms with E-state index < -0.39 is 72.3 Å². The Morgan fingerprint density at radius 1 is 0.574 bits per heavy atom. The van der Waals surface area contributed by atoms with Crippen molar-refractivity contribution >= 4 is 27.6 Å². The number of phosphoric ester groups is 2. The summed E-state index contributed by atoms with van der Waals surface area (Å²) >= 11 is 0. The first kappa shape index (κ1) is 59.3. The van der Waals surface area contributed by atoms with Crippen LogP contribution in [0.2, 0.25) is 0 Å². The summed E-state index contributed by atoms with van der Waals surface area (Å²) in [4.78, 5) is 52.8. The number of aliphatic hydroxyl groups is 2. The number of hydrogen-bond acceptors (Lipinski definition) is 11. The Morgan fingerprint density at radius 3 is 1.61 bits per heavy atom. The van der Waals surface area contributed by atoms with Crippen molar-refractivity contribution in [2.45, 2.75) is 206 Å². The fourth-order valence-electron chi connectivity index (χ4n) is 6.27. The third-order valence-corrected chi connectivity index (χ3v) is 11.6. The minimum atomic E-state index is -4.88. The number of esters is 2. The molecule has 0 aromatic rings. The van der Waals surface area contributed by atoms with E-state index in [1.54, 1.807) is 6.08 Å². The molecule has 14 nitrogen and oxygen atoms in total. The number of aliphatic hydroxyl groups excluding tert-OH is 2. The highest BCUT2D eigenvalue weighted by molar-refractivity contribution is 7.47. The lowest BCUT2D eigenvalue weighted by atomic mass is 9.99. The molecule has 0 spiro atoms. The van der Waals surface area contributed by atoms with Gasteiger partial charge in [-0.2, -0.15) is 0 Å². The first-order valence-corrected chi connectivity index (χ1v) is 26.2. The number of ether oxygens (including phenoxy) is 2. The van der Waals surface area contributed by atoms with Gasteiger partial charge >= 0.3 is 27.6 Å². The molecule has 3 unspecified atom stereocenters. The van der Waals surface area contributed by atoms with Crippen molar-refractivity contribution in [1.29, 1.82) is 0 Å². The van der Waals surface area contributed by atoms with Crippen LogP contribution in [0.1, 0.15) is 188 Å². The molecule has 5 atom stereocenters. The largest absolute Gasteiger partial charge is 0.472 e. The van der Waals surface area contributed by atoms with Crippen LogP contribution in [0.15, 0.2) is 36.5 Å². The van der Waals surface area contributed by atoms with E-state index in [9.17, 15) is 33.8 Å². The maximum absolute atomic E-state index is 12.7. The number of hydrogen-bond donors (Lipinski definition) is 5. The second-order valence-corrected chi connectivity index (χ2v) is 18.8. The van der Waals surface area contributed by atoms with E-state index in [0.717, 1.165) is 63.7 Å². The Hall–Kier alpha value is -1.70. The molecule has 0 saturated carbocycles. The van der Waals surface area contributed by atoms with Crippen molar-refractivity contribution in [2.75, 3.05) is 26.4 Å². The number of phosphoric acid groups is 2. The summed E-state index contributed by atoms with van der Waals surface area (Å²) in [6, 6.07) is 0. The van der Waals surface area contributed by atoms with Crippen molar-refractivity contribution in [3.8, 4) is 0 Å². The van der Waals surface area contributed by atoms with Crippen molar-refractivity contribution in [3.05, 3.63) is 36.5 Å². The highest BCUT2D eigenvalue weighted by Crippen LogP contribution is 2.43. The lowest BCUT2D eigenvalue weighted by Gasteiger charge is -2.20. The van der Waals surface area contributed by atoms with Crippen LogP contribution in [-0.2, 0) is 41.8 Å². The molecule has 0 aliphatic carbocycles. The molecule has 0 bridgehead atoms. The number of unbranched alkanes of at least 4 members (excludes halogenated alkanes) is 17. The second-order valence-electron chi connectivity index (χ2n) is 16.1. The maximum atomic E-state index is 12.7. The number of carbonyl (C=O) groups is 2. The molecular weight excluding hydrogens is 826 g/mol. The van der Waals surface area contributed by atoms with Crippen molar-refractivity contribution in [1.82, 2.24) is 0 Å². The zero-order valence-electron chi connectivity index (χ0n) is 37.8. The second kappa shape index (κ2) is 39.9. The highest BCUT2D eigenvalue weighted by Gasteiger charge is 2.28. The lowest BCUT2D eigenvalue weighted by molar-refractivity contribution is -0.161. The summed E-state index contributed by atoms with van der Waals surface area (Å²) in [5.41, 5.74) is 0. The van der Waals surface area contributed by atoms with E-state index in [0.29, 0.717) is 19.3 Å².